The maximum atomic E-state index is 5.09. The normalized spacial score (nSPS) is 16.3. The second kappa shape index (κ2) is 9.12. The number of nitrogens with zero attached hydrogens (tertiary/aromatic N) is 4. The Balaban J connectivity index is 0.00000220. The second-order valence-electron chi connectivity index (χ2n) is 5.03. The zero-order chi connectivity index (χ0) is 14.5. The molecule has 1 aliphatic rings. The molecule has 0 spiro atoms. The number of hydrogen-bond donors (Lipinski definition) is 0. The second-order valence-corrected chi connectivity index (χ2v) is 6.22. The van der Waals surface area contributed by atoms with E-state index in [1.807, 2.05) is 20.3 Å². The summed E-state index contributed by atoms with van der Waals surface area (Å²) in [5.74, 6) is 0. The first-order chi connectivity index (χ1) is 9.56. The molecule has 1 radical (unpaired) electrons. The zero-order valence-corrected chi connectivity index (χ0v) is 16.0. The molecule has 7 heteroatoms. The molecule has 0 aliphatic carbocycles. The van der Waals surface area contributed by atoms with Gasteiger partial charge in [0.05, 0.1) is 6.21 Å². The van der Waals surface area contributed by atoms with Crippen LogP contribution in [-0.4, -0.2) is 61.1 Å². The molecule has 1 fully saturated rings. The Morgan fingerprint density at radius 2 is 1.67 bits per heavy atom. The molecule has 0 aromatic heterocycles. The monoisotopic (exact) mass is 505 g/mol. The molecular weight excluding hydrogens is 485 g/mol. The summed E-state index contributed by atoms with van der Waals surface area (Å²) in [6.45, 7) is 3.56. The van der Waals surface area contributed by atoms with Crippen molar-refractivity contribution in [3.8, 4) is 0 Å². The Kier molecular flexibility index (Phi) is 8.23. The number of hydrazone groups is 1. The molecule has 21 heavy (non-hydrogen) atoms. The van der Waals surface area contributed by atoms with E-state index in [0.29, 0.717) is 0 Å². The molecule has 0 saturated carbocycles. The molecule has 0 N–H and O–H groups in total. The van der Waals surface area contributed by atoms with Crippen molar-refractivity contribution in [1.82, 2.24) is 9.91 Å². The van der Waals surface area contributed by atoms with Gasteiger partial charge >= 0.3 is 0 Å². The third-order valence-electron chi connectivity index (χ3n) is 3.37. The summed E-state index contributed by atoms with van der Waals surface area (Å²) in [4.78, 5) is 4.21. The predicted octanol–water partition coefficient (Wildman–Crippen LogP) is 1.08. The molecule has 0 atom stereocenters. The topological polar surface area (TPSA) is 22.1 Å². The average Bonchev–Trinajstić information content (AvgIpc) is 2.46. The molecule has 1 aromatic rings. The van der Waals surface area contributed by atoms with E-state index in [-0.39, 0.29) is 27.1 Å². The Hall–Kier alpha value is -0.110. The van der Waals surface area contributed by atoms with E-state index in [2.05, 4.69) is 44.2 Å². The van der Waals surface area contributed by atoms with Crippen molar-refractivity contribution >= 4 is 37.2 Å². The first kappa shape index (κ1) is 18.9. The summed E-state index contributed by atoms with van der Waals surface area (Å²) in [5.41, 5.74) is 2.31. The summed E-state index contributed by atoms with van der Waals surface area (Å²) in [6.07, 6.45) is 1.91. The molecule has 4 nitrogen and oxygen atoms in total. The van der Waals surface area contributed by atoms with E-state index in [1.165, 1.54) is 5.69 Å². The molecule has 0 bridgehead atoms. The fraction of sp³-hybridized carbons (Fsp3) is 0.500. The van der Waals surface area contributed by atoms with Crippen molar-refractivity contribution < 1.29 is 22.4 Å². The number of piperazine rings is 1. The van der Waals surface area contributed by atoms with Crippen LogP contribution in [-0.2, 0) is 47.6 Å². The van der Waals surface area contributed by atoms with Crippen molar-refractivity contribution in [2.24, 2.45) is 5.10 Å². The van der Waals surface area contributed by atoms with Gasteiger partial charge in [0.25, 0.3) is 0 Å². The van der Waals surface area contributed by atoms with Gasteiger partial charge in [0.1, 0.15) is 0 Å². The van der Waals surface area contributed by atoms with Crippen LogP contribution < -0.4 is 4.90 Å². The van der Waals surface area contributed by atoms with Crippen LogP contribution in [0.15, 0.2) is 29.4 Å². The Labute approximate surface area is 153 Å². The number of hydrogen-bond acceptors (Lipinski definition) is 6. The fourth-order valence-electron chi connectivity index (χ4n) is 2.04. The van der Waals surface area contributed by atoms with Gasteiger partial charge < -0.3 is 35.1 Å². The van der Waals surface area contributed by atoms with Gasteiger partial charge in [0.2, 0.25) is 0 Å². The summed E-state index contributed by atoms with van der Waals surface area (Å²) in [6, 6.07) is 8.35. The van der Waals surface area contributed by atoms with Gasteiger partial charge in [0.15, 0.2) is 0 Å². The molecule has 0 unspecified atom stereocenters. The minimum Gasteiger partial charge on any atom is -0.800 e. The minimum absolute atomic E-state index is 0. The van der Waals surface area contributed by atoms with E-state index in [4.69, 9.17) is 25.3 Å². The molecule has 2 rings (SSSR count). The first-order valence-corrected chi connectivity index (χ1v) is 7.62. The van der Waals surface area contributed by atoms with Crippen LogP contribution in [0.25, 0.3) is 0 Å². The molecule has 121 valence electrons. The first-order valence-electron chi connectivity index (χ1n) is 6.68. The Morgan fingerprint density at radius 1 is 1.10 bits per heavy atom. The summed E-state index contributed by atoms with van der Waals surface area (Å²) >= 11 is 10.2. The maximum absolute atomic E-state index is 5.09. The van der Waals surface area contributed by atoms with Crippen molar-refractivity contribution in [3.63, 3.8) is 0 Å². The number of benzene rings is 1. The summed E-state index contributed by atoms with van der Waals surface area (Å²) < 4.78 is -0.195. The number of anilines is 1. The average molecular weight is 505 g/mol. The molecule has 1 aliphatic heterocycles. The predicted molar refractivity (Wildman–Crippen MR) is 90.0 cm³/mol. The fourth-order valence-corrected chi connectivity index (χ4v) is 2.47. The van der Waals surface area contributed by atoms with Crippen molar-refractivity contribution in [2.45, 2.75) is 4.71 Å². The molecule has 1 aromatic carbocycles. The molecule has 1 heterocycles. The van der Waals surface area contributed by atoms with E-state index in [9.17, 15) is 0 Å². The maximum Gasteiger partial charge on any atom is 0.0542 e. The Morgan fingerprint density at radius 3 is 2.14 bits per heavy atom. The quantitative estimate of drug-likeness (QED) is 0.346. The summed E-state index contributed by atoms with van der Waals surface area (Å²) in [5, 5.41) is 6.59. The number of rotatable bonds is 4. The van der Waals surface area contributed by atoms with Gasteiger partial charge in [-0.3, -0.25) is 5.01 Å². The van der Waals surface area contributed by atoms with Gasteiger partial charge in [-0.25, -0.2) is 4.71 Å². The van der Waals surface area contributed by atoms with Crippen LogP contribution in [0, 0.1) is 0 Å². The van der Waals surface area contributed by atoms with E-state index >= 15 is 0 Å². The third-order valence-corrected chi connectivity index (χ3v) is 3.96. The van der Waals surface area contributed by atoms with Crippen LogP contribution in [0.1, 0.15) is 5.56 Å². The van der Waals surface area contributed by atoms with E-state index in [1.54, 1.807) is 0 Å². The van der Waals surface area contributed by atoms with Gasteiger partial charge in [-0.2, -0.15) is 5.10 Å². The minimum atomic E-state index is -0.195. The van der Waals surface area contributed by atoms with Crippen LogP contribution in [0.2, 0.25) is 0 Å². The van der Waals surface area contributed by atoms with Crippen LogP contribution in [0.4, 0.5) is 5.69 Å². The zero-order valence-electron chi connectivity index (χ0n) is 12.2. The molecular formula is C14H20AuN4S2-2. The van der Waals surface area contributed by atoms with Crippen molar-refractivity contribution in [3.05, 3.63) is 29.8 Å². The smallest absolute Gasteiger partial charge is 0.0542 e. The molecule has 0 amide bonds. The van der Waals surface area contributed by atoms with Crippen LogP contribution in [0.5, 0.6) is 0 Å². The van der Waals surface area contributed by atoms with Crippen molar-refractivity contribution in [2.75, 3.05) is 45.2 Å². The van der Waals surface area contributed by atoms with E-state index < -0.39 is 0 Å². The molecule has 1 saturated heterocycles. The SMILES string of the molecule is CN(C)c1ccc(/C=N/N2CCN(C([S-])[S-])CC2)cc1.[Au]. The van der Waals surface area contributed by atoms with Gasteiger partial charge in [-0.05, 0) is 17.7 Å². The van der Waals surface area contributed by atoms with E-state index in [0.717, 1.165) is 31.7 Å². The Bertz CT molecular complexity index is 443. The van der Waals surface area contributed by atoms with Gasteiger partial charge in [0, 0.05) is 68.3 Å². The van der Waals surface area contributed by atoms with Crippen LogP contribution >= 0.6 is 0 Å². The van der Waals surface area contributed by atoms with Gasteiger partial charge in [-0.1, -0.05) is 12.1 Å². The van der Waals surface area contributed by atoms with Gasteiger partial charge in [-0.15, -0.1) is 0 Å². The summed E-state index contributed by atoms with van der Waals surface area (Å²) in [7, 11) is 4.07. The largest absolute Gasteiger partial charge is 0.800 e. The standard InChI is InChI=1S/C14H22N4S2.Au/c1-16(2)13-5-3-12(4-6-13)11-15-18-9-7-17(8-10-18)14(19)20;/h3-6,11,14,19-20H,7-10H2,1-2H3;/p-2/b15-11+;. The van der Waals surface area contributed by atoms with Crippen LogP contribution in [0.3, 0.4) is 0 Å². The van der Waals surface area contributed by atoms with Crippen molar-refractivity contribution in [1.29, 1.82) is 0 Å². The third kappa shape index (κ3) is 5.88.